The Labute approximate surface area is 150 Å². The van der Waals surface area contributed by atoms with Crippen molar-refractivity contribution in [3.05, 3.63) is 35.4 Å². The highest BCUT2D eigenvalue weighted by atomic mass is 32.2. The molecule has 7 nitrogen and oxygen atoms in total. The lowest BCUT2D eigenvalue weighted by Gasteiger charge is -2.11. The van der Waals surface area contributed by atoms with Gasteiger partial charge in [-0.1, -0.05) is 43.0 Å². The van der Waals surface area contributed by atoms with Crippen molar-refractivity contribution in [2.45, 2.75) is 44.6 Å². The second-order valence-corrected chi connectivity index (χ2v) is 6.76. The van der Waals surface area contributed by atoms with Crippen molar-refractivity contribution >= 4 is 35.0 Å². The number of benzene rings is 1. The monoisotopic (exact) mass is 363 g/mol. The molecule has 1 fully saturated rings. The van der Waals surface area contributed by atoms with Gasteiger partial charge in [0.05, 0.1) is 25.3 Å². The average molecular weight is 363 g/mol. The minimum absolute atomic E-state index is 0.182. The number of carboxylic acids is 1. The van der Waals surface area contributed by atoms with Gasteiger partial charge in [0.25, 0.3) is 0 Å². The molecule has 0 spiro atoms. The van der Waals surface area contributed by atoms with Crippen LogP contribution in [-0.4, -0.2) is 39.7 Å². The SMILES string of the molecule is CCC(C)OCc1ccccc1C=NN=C1NC(=O)C(CC(=O)O)S1. The molecule has 1 saturated heterocycles. The fraction of sp³-hybridized carbons (Fsp3) is 0.412. The van der Waals surface area contributed by atoms with E-state index in [1.165, 1.54) is 0 Å². The Morgan fingerprint density at radius 3 is 2.96 bits per heavy atom. The zero-order valence-electron chi connectivity index (χ0n) is 14.1. The Bertz CT molecular complexity index is 690. The van der Waals surface area contributed by atoms with Crippen molar-refractivity contribution in [2.24, 2.45) is 10.2 Å². The molecule has 0 bridgehead atoms. The standard InChI is InChI=1S/C17H21N3O4S/c1-3-11(2)24-10-13-7-5-4-6-12(13)9-18-20-17-19-16(23)14(25-17)8-15(21)22/h4-7,9,11,14H,3,8,10H2,1-2H3,(H,21,22)(H,19,20,23). The van der Waals surface area contributed by atoms with E-state index in [9.17, 15) is 9.59 Å². The normalized spacial score (nSPS) is 20.2. The number of aliphatic carboxylic acids is 1. The minimum Gasteiger partial charge on any atom is -0.481 e. The minimum atomic E-state index is -1.02. The van der Waals surface area contributed by atoms with Crippen molar-refractivity contribution in [1.29, 1.82) is 0 Å². The molecule has 2 atom stereocenters. The number of thioether (sulfide) groups is 1. The third-order valence-corrected chi connectivity index (χ3v) is 4.71. The van der Waals surface area contributed by atoms with Crippen LogP contribution in [0.15, 0.2) is 34.5 Å². The largest absolute Gasteiger partial charge is 0.481 e. The number of hydrogen-bond acceptors (Lipinski definition) is 6. The van der Waals surface area contributed by atoms with E-state index in [1.807, 2.05) is 31.2 Å². The van der Waals surface area contributed by atoms with E-state index < -0.39 is 11.2 Å². The lowest BCUT2D eigenvalue weighted by Crippen LogP contribution is -2.26. The topological polar surface area (TPSA) is 100 Å². The number of carbonyl (C=O) groups is 2. The van der Waals surface area contributed by atoms with Crippen LogP contribution in [0.5, 0.6) is 0 Å². The maximum Gasteiger partial charge on any atom is 0.305 e. The highest BCUT2D eigenvalue weighted by Gasteiger charge is 2.32. The zero-order valence-corrected chi connectivity index (χ0v) is 15.0. The van der Waals surface area contributed by atoms with Gasteiger partial charge in [0.2, 0.25) is 5.91 Å². The van der Waals surface area contributed by atoms with Gasteiger partial charge in [-0.25, -0.2) is 0 Å². The molecular formula is C17H21N3O4S. The van der Waals surface area contributed by atoms with Crippen molar-refractivity contribution in [1.82, 2.24) is 5.32 Å². The van der Waals surface area contributed by atoms with E-state index >= 15 is 0 Å². The molecule has 0 radical (unpaired) electrons. The molecule has 1 aliphatic rings. The van der Waals surface area contributed by atoms with E-state index in [4.69, 9.17) is 9.84 Å². The average Bonchev–Trinajstić information content (AvgIpc) is 2.92. The summed E-state index contributed by atoms with van der Waals surface area (Å²) >= 11 is 1.07. The predicted octanol–water partition coefficient (Wildman–Crippen LogP) is 2.40. The Morgan fingerprint density at radius 2 is 2.24 bits per heavy atom. The number of rotatable bonds is 8. The molecule has 0 aromatic heterocycles. The van der Waals surface area contributed by atoms with Gasteiger partial charge in [-0.05, 0) is 18.9 Å². The lowest BCUT2D eigenvalue weighted by molar-refractivity contribution is -0.138. The summed E-state index contributed by atoms with van der Waals surface area (Å²) in [6.07, 6.45) is 2.48. The first kappa shape index (κ1) is 19.1. The van der Waals surface area contributed by atoms with Crippen LogP contribution in [0.4, 0.5) is 0 Å². The molecule has 134 valence electrons. The number of carboxylic acid groups (broad SMARTS) is 1. The number of amides is 1. The Balaban J connectivity index is 2.00. The third-order valence-electron chi connectivity index (χ3n) is 3.64. The number of nitrogens with zero attached hydrogens (tertiary/aromatic N) is 2. The summed E-state index contributed by atoms with van der Waals surface area (Å²) in [5, 5.41) is 18.9. The number of amidine groups is 1. The lowest BCUT2D eigenvalue weighted by atomic mass is 10.1. The highest BCUT2D eigenvalue weighted by Crippen LogP contribution is 2.22. The van der Waals surface area contributed by atoms with Crippen LogP contribution in [0.25, 0.3) is 0 Å². The maximum absolute atomic E-state index is 11.6. The smallest absolute Gasteiger partial charge is 0.305 e. The van der Waals surface area contributed by atoms with E-state index in [1.54, 1.807) is 6.21 Å². The van der Waals surface area contributed by atoms with Gasteiger partial charge in [-0.15, -0.1) is 5.10 Å². The molecule has 1 aromatic carbocycles. The van der Waals surface area contributed by atoms with Gasteiger partial charge in [0.15, 0.2) is 5.17 Å². The summed E-state index contributed by atoms with van der Waals surface area (Å²) in [7, 11) is 0. The number of ether oxygens (including phenoxy) is 1. The molecule has 0 saturated carbocycles. The molecule has 25 heavy (non-hydrogen) atoms. The summed E-state index contributed by atoms with van der Waals surface area (Å²) in [4.78, 5) is 22.3. The summed E-state index contributed by atoms with van der Waals surface area (Å²) in [6.45, 7) is 4.58. The van der Waals surface area contributed by atoms with Crippen molar-refractivity contribution in [3.8, 4) is 0 Å². The van der Waals surface area contributed by atoms with Gasteiger partial charge in [-0.3, -0.25) is 9.59 Å². The van der Waals surface area contributed by atoms with Gasteiger partial charge in [0, 0.05) is 5.56 Å². The molecule has 2 rings (SSSR count). The molecule has 2 N–H and O–H groups in total. The van der Waals surface area contributed by atoms with Gasteiger partial charge in [0.1, 0.15) is 5.25 Å². The van der Waals surface area contributed by atoms with E-state index in [0.29, 0.717) is 11.8 Å². The van der Waals surface area contributed by atoms with Gasteiger partial charge < -0.3 is 15.2 Å². The fourth-order valence-electron chi connectivity index (χ4n) is 2.03. The first-order valence-electron chi connectivity index (χ1n) is 7.99. The first-order chi connectivity index (χ1) is 12.0. The summed E-state index contributed by atoms with van der Waals surface area (Å²) < 4.78 is 5.75. The van der Waals surface area contributed by atoms with E-state index in [2.05, 4.69) is 22.4 Å². The second-order valence-electron chi connectivity index (χ2n) is 5.57. The van der Waals surface area contributed by atoms with Crippen molar-refractivity contribution in [3.63, 3.8) is 0 Å². The van der Waals surface area contributed by atoms with Crippen LogP contribution in [-0.2, 0) is 20.9 Å². The molecule has 1 aromatic rings. The quantitative estimate of drug-likeness (QED) is 0.546. The number of nitrogens with one attached hydrogen (secondary N) is 1. The van der Waals surface area contributed by atoms with E-state index in [0.717, 1.165) is 29.3 Å². The molecule has 0 aliphatic carbocycles. The molecule has 1 aliphatic heterocycles. The van der Waals surface area contributed by atoms with Crippen molar-refractivity contribution in [2.75, 3.05) is 0 Å². The molecular weight excluding hydrogens is 342 g/mol. The molecule has 1 heterocycles. The molecule has 2 unspecified atom stereocenters. The Hall–Kier alpha value is -2.19. The Kier molecular flexibility index (Phi) is 7.15. The Morgan fingerprint density at radius 1 is 1.48 bits per heavy atom. The van der Waals surface area contributed by atoms with E-state index in [-0.39, 0.29) is 18.4 Å². The summed E-state index contributed by atoms with van der Waals surface area (Å²) in [5.41, 5.74) is 1.88. The van der Waals surface area contributed by atoms with Crippen LogP contribution < -0.4 is 5.32 Å². The zero-order chi connectivity index (χ0) is 18.2. The third kappa shape index (κ3) is 5.99. The van der Waals surface area contributed by atoms with Crippen molar-refractivity contribution < 1.29 is 19.4 Å². The fourth-order valence-corrected chi connectivity index (χ4v) is 2.95. The van der Waals surface area contributed by atoms with Gasteiger partial charge >= 0.3 is 5.97 Å². The molecule has 1 amide bonds. The van der Waals surface area contributed by atoms with Crippen LogP contribution in [0.2, 0.25) is 0 Å². The summed E-state index contributed by atoms with van der Waals surface area (Å²) in [6, 6.07) is 7.71. The second kappa shape index (κ2) is 9.33. The highest BCUT2D eigenvalue weighted by molar-refractivity contribution is 8.15. The maximum atomic E-state index is 11.6. The first-order valence-corrected chi connectivity index (χ1v) is 8.87. The predicted molar refractivity (Wildman–Crippen MR) is 97.8 cm³/mol. The number of carbonyl (C=O) groups excluding carboxylic acids is 1. The van der Waals surface area contributed by atoms with Gasteiger partial charge in [-0.2, -0.15) is 5.10 Å². The molecule has 8 heteroatoms. The van der Waals surface area contributed by atoms with Crippen LogP contribution >= 0.6 is 11.8 Å². The van der Waals surface area contributed by atoms with Crippen LogP contribution in [0.1, 0.15) is 37.8 Å². The van der Waals surface area contributed by atoms with Crippen LogP contribution in [0, 0.1) is 0 Å². The number of hydrogen-bond donors (Lipinski definition) is 2. The van der Waals surface area contributed by atoms with Crippen LogP contribution in [0.3, 0.4) is 0 Å². The summed E-state index contributed by atoms with van der Waals surface area (Å²) in [5.74, 6) is -1.38.